The van der Waals surface area contributed by atoms with Gasteiger partial charge in [0.05, 0.1) is 5.69 Å². The van der Waals surface area contributed by atoms with Crippen LogP contribution in [0.5, 0.6) is 0 Å². The summed E-state index contributed by atoms with van der Waals surface area (Å²) in [5, 5.41) is 4.60. The Morgan fingerprint density at radius 2 is 1.89 bits per heavy atom. The monoisotopic (exact) mass is 284 g/mol. The number of rotatable bonds is 8. The van der Waals surface area contributed by atoms with Gasteiger partial charge in [-0.2, -0.15) is 0 Å². The number of thiazole rings is 1. The van der Waals surface area contributed by atoms with Crippen molar-refractivity contribution in [1.82, 2.24) is 10.3 Å². The maximum atomic E-state index is 6.05. The molecule has 0 aliphatic rings. The van der Waals surface area contributed by atoms with Gasteiger partial charge in [-0.05, 0) is 40.2 Å². The number of nitrogens with zero attached hydrogens (tertiary/aromatic N) is 1. The van der Waals surface area contributed by atoms with Gasteiger partial charge in [0.2, 0.25) is 0 Å². The van der Waals surface area contributed by atoms with Crippen LogP contribution in [-0.4, -0.2) is 18.1 Å². The largest absolute Gasteiger partial charge is 0.368 e. The normalized spacial score (nSPS) is 13.8. The molecule has 1 aromatic heterocycles. The number of ether oxygens (including phenoxy) is 1. The topological polar surface area (TPSA) is 34.1 Å². The summed E-state index contributed by atoms with van der Waals surface area (Å²) < 4.78 is 6.05. The van der Waals surface area contributed by atoms with Gasteiger partial charge in [0, 0.05) is 17.5 Å². The molecule has 1 N–H and O–H groups in total. The summed E-state index contributed by atoms with van der Waals surface area (Å²) in [6, 6.07) is 0.365. The molecule has 0 saturated heterocycles. The van der Waals surface area contributed by atoms with Crippen molar-refractivity contribution in [2.75, 3.05) is 13.2 Å². The highest BCUT2D eigenvalue weighted by Gasteiger charge is 2.33. The fraction of sp³-hybridized carbons (Fsp3) is 0.800. The van der Waals surface area contributed by atoms with E-state index in [1.54, 1.807) is 11.3 Å². The van der Waals surface area contributed by atoms with Gasteiger partial charge in [0.1, 0.15) is 10.6 Å². The van der Waals surface area contributed by atoms with Crippen LogP contribution in [0.2, 0.25) is 0 Å². The van der Waals surface area contributed by atoms with Gasteiger partial charge < -0.3 is 10.1 Å². The first-order valence-electron chi connectivity index (χ1n) is 7.39. The van der Waals surface area contributed by atoms with Crippen LogP contribution in [0.25, 0.3) is 0 Å². The molecule has 0 aliphatic heterocycles. The summed E-state index contributed by atoms with van der Waals surface area (Å²) in [7, 11) is 0. The number of aromatic nitrogens is 1. The summed E-state index contributed by atoms with van der Waals surface area (Å²) >= 11 is 1.80. The highest BCUT2D eigenvalue weighted by atomic mass is 32.1. The Morgan fingerprint density at radius 3 is 2.37 bits per heavy atom. The van der Waals surface area contributed by atoms with Crippen molar-refractivity contribution in [2.24, 2.45) is 0 Å². The lowest BCUT2D eigenvalue weighted by atomic mass is 9.98. The van der Waals surface area contributed by atoms with Gasteiger partial charge >= 0.3 is 0 Å². The zero-order valence-corrected chi connectivity index (χ0v) is 14.0. The van der Waals surface area contributed by atoms with E-state index in [1.807, 2.05) is 0 Å². The van der Waals surface area contributed by atoms with Gasteiger partial charge in [-0.1, -0.05) is 20.8 Å². The molecule has 4 heteroatoms. The molecule has 0 bridgehead atoms. The fourth-order valence-electron chi connectivity index (χ4n) is 2.50. The van der Waals surface area contributed by atoms with E-state index in [0.717, 1.165) is 36.7 Å². The van der Waals surface area contributed by atoms with E-state index in [1.165, 1.54) is 4.88 Å². The molecule has 1 aromatic rings. The van der Waals surface area contributed by atoms with Crippen molar-refractivity contribution in [3.63, 3.8) is 0 Å². The first-order chi connectivity index (χ1) is 9.04. The molecule has 1 unspecified atom stereocenters. The van der Waals surface area contributed by atoms with Crippen LogP contribution < -0.4 is 5.32 Å². The Kier molecular flexibility index (Phi) is 6.43. The van der Waals surface area contributed by atoms with Crippen LogP contribution in [0.15, 0.2) is 0 Å². The molecule has 1 atom stereocenters. The van der Waals surface area contributed by atoms with E-state index in [0.29, 0.717) is 6.04 Å². The third-order valence-electron chi connectivity index (χ3n) is 3.69. The van der Waals surface area contributed by atoms with Gasteiger partial charge in [0.15, 0.2) is 0 Å². The number of nitrogens with one attached hydrogen (secondary N) is 1. The molecule has 0 amide bonds. The first-order valence-corrected chi connectivity index (χ1v) is 8.21. The number of hydrogen-bond donors (Lipinski definition) is 1. The van der Waals surface area contributed by atoms with Gasteiger partial charge in [-0.25, -0.2) is 4.98 Å². The Morgan fingerprint density at radius 1 is 1.26 bits per heavy atom. The molecule has 19 heavy (non-hydrogen) atoms. The molecule has 0 aliphatic carbocycles. The number of hydrogen-bond acceptors (Lipinski definition) is 4. The Labute approximate surface area is 121 Å². The fourth-order valence-corrected chi connectivity index (χ4v) is 3.88. The molecule has 110 valence electrons. The van der Waals surface area contributed by atoms with E-state index >= 15 is 0 Å². The van der Waals surface area contributed by atoms with Crippen LogP contribution in [-0.2, 0) is 10.3 Å². The van der Waals surface area contributed by atoms with E-state index < -0.39 is 0 Å². The predicted molar refractivity (Wildman–Crippen MR) is 82.8 cm³/mol. The standard InChI is InChI=1S/C15H28N2OS/c1-7-15(8-2,18-10-4)14-17-12(6)13(19-14)11(5)16-9-3/h11,16H,7-10H2,1-6H3. The lowest BCUT2D eigenvalue weighted by Gasteiger charge is -2.29. The van der Waals surface area contributed by atoms with Crippen LogP contribution in [0, 0.1) is 6.92 Å². The molecule has 1 rings (SSSR count). The molecule has 1 heterocycles. The second-order valence-corrected chi connectivity index (χ2v) is 5.91. The maximum absolute atomic E-state index is 6.05. The molecule has 0 radical (unpaired) electrons. The quantitative estimate of drug-likeness (QED) is 0.778. The van der Waals surface area contributed by atoms with Gasteiger partial charge in [0.25, 0.3) is 0 Å². The highest BCUT2D eigenvalue weighted by molar-refractivity contribution is 7.12. The van der Waals surface area contributed by atoms with Crippen molar-refractivity contribution in [3.8, 4) is 0 Å². The minimum atomic E-state index is -0.200. The van der Waals surface area contributed by atoms with Crippen molar-refractivity contribution in [1.29, 1.82) is 0 Å². The molecule has 3 nitrogen and oxygen atoms in total. The smallest absolute Gasteiger partial charge is 0.125 e. The Bertz CT molecular complexity index is 385. The third-order valence-corrected chi connectivity index (χ3v) is 5.21. The minimum absolute atomic E-state index is 0.200. The Balaban J connectivity index is 3.09. The second-order valence-electron chi connectivity index (χ2n) is 4.88. The third kappa shape index (κ3) is 3.56. The van der Waals surface area contributed by atoms with E-state index in [-0.39, 0.29) is 5.60 Å². The minimum Gasteiger partial charge on any atom is -0.368 e. The average Bonchev–Trinajstić information content (AvgIpc) is 2.79. The average molecular weight is 284 g/mol. The predicted octanol–water partition coefficient (Wildman–Crippen LogP) is 4.17. The number of aryl methyl sites for hydroxylation is 1. The van der Waals surface area contributed by atoms with Crippen LogP contribution in [0.3, 0.4) is 0 Å². The van der Waals surface area contributed by atoms with E-state index in [4.69, 9.17) is 9.72 Å². The van der Waals surface area contributed by atoms with Crippen LogP contribution in [0.1, 0.15) is 69.1 Å². The van der Waals surface area contributed by atoms with Gasteiger partial charge in [-0.3, -0.25) is 0 Å². The zero-order chi connectivity index (χ0) is 14.5. The summed E-state index contributed by atoms with van der Waals surface area (Å²) in [4.78, 5) is 6.14. The van der Waals surface area contributed by atoms with Crippen molar-refractivity contribution < 1.29 is 4.74 Å². The lowest BCUT2D eigenvalue weighted by Crippen LogP contribution is -2.28. The van der Waals surface area contributed by atoms with Crippen LogP contribution >= 0.6 is 11.3 Å². The zero-order valence-electron chi connectivity index (χ0n) is 13.2. The summed E-state index contributed by atoms with van der Waals surface area (Å²) in [5.74, 6) is 0. The van der Waals surface area contributed by atoms with E-state index in [2.05, 4.69) is 46.9 Å². The molecule has 0 aromatic carbocycles. The summed E-state index contributed by atoms with van der Waals surface area (Å²) in [5.41, 5.74) is 0.938. The van der Waals surface area contributed by atoms with Crippen molar-refractivity contribution in [3.05, 3.63) is 15.6 Å². The summed E-state index contributed by atoms with van der Waals surface area (Å²) in [6.07, 6.45) is 1.94. The molecular weight excluding hydrogens is 256 g/mol. The first kappa shape index (κ1) is 16.6. The summed E-state index contributed by atoms with van der Waals surface area (Å²) in [6.45, 7) is 14.6. The molecule has 0 fully saturated rings. The van der Waals surface area contributed by atoms with Gasteiger partial charge in [-0.15, -0.1) is 11.3 Å². The van der Waals surface area contributed by atoms with Crippen molar-refractivity contribution >= 4 is 11.3 Å². The molecule has 0 spiro atoms. The maximum Gasteiger partial charge on any atom is 0.125 e. The lowest BCUT2D eigenvalue weighted by molar-refractivity contribution is -0.0507. The molecular formula is C15H28N2OS. The molecule has 0 saturated carbocycles. The Hall–Kier alpha value is -0.450. The van der Waals surface area contributed by atoms with Crippen LogP contribution in [0.4, 0.5) is 0 Å². The highest BCUT2D eigenvalue weighted by Crippen LogP contribution is 2.38. The SMILES string of the molecule is CCNC(C)c1sc(C(CC)(CC)OCC)nc1C. The van der Waals surface area contributed by atoms with Crippen molar-refractivity contribution in [2.45, 2.75) is 66.0 Å². The van der Waals surface area contributed by atoms with E-state index in [9.17, 15) is 0 Å². The second kappa shape index (κ2) is 7.36.